The number of hydrogen-bond donors (Lipinski definition) is 0. The normalized spacial score (nSPS) is 16.3. The maximum atomic E-state index is 6.26. The maximum absolute atomic E-state index is 6.26. The van der Waals surface area contributed by atoms with Crippen molar-refractivity contribution in [2.45, 2.75) is 78.1 Å². The first-order valence-corrected chi connectivity index (χ1v) is 13.6. The molecule has 0 aliphatic heterocycles. The standard InChI is InChI=1S/C13H32OSi2/c1-12(11-15(4,5)6)10-13(2,3)14-16(7,8)9/h12H,10-11H2,1-9H3. The van der Waals surface area contributed by atoms with Gasteiger partial charge < -0.3 is 4.43 Å². The molecule has 0 fully saturated rings. The van der Waals surface area contributed by atoms with Crippen LogP contribution in [0.3, 0.4) is 0 Å². The molecule has 0 N–H and O–H groups in total. The summed E-state index contributed by atoms with van der Waals surface area (Å²) in [4.78, 5) is 0. The average Bonchev–Trinajstić information content (AvgIpc) is 1.70. The fraction of sp³-hybridized carbons (Fsp3) is 1.00. The minimum atomic E-state index is -1.41. The van der Waals surface area contributed by atoms with Crippen LogP contribution in [0.2, 0.25) is 45.3 Å². The molecule has 0 amide bonds. The van der Waals surface area contributed by atoms with E-state index < -0.39 is 16.4 Å². The minimum absolute atomic E-state index is 0.0591. The van der Waals surface area contributed by atoms with E-state index in [4.69, 9.17) is 4.43 Å². The zero-order valence-electron chi connectivity index (χ0n) is 12.9. The van der Waals surface area contributed by atoms with Gasteiger partial charge in [0.2, 0.25) is 0 Å². The molecule has 0 aromatic heterocycles. The lowest BCUT2D eigenvalue weighted by atomic mass is 9.96. The summed E-state index contributed by atoms with van der Waals surface area (Å²) in [5, 5.41) is 0. The molecule has 0 aliphatic carbocycles. The highest BCUT2D eigenvalue weighted by molar-refractivity contribution is 6.76. The first kappa shape index (κ1) is 16.4. The highest BCUT2D eigenvalue weighted by Crippen LogP contribution is 2.29. The van der Waals surface area contributed by atoms with Gasteiger partial charge in [0.1, 0.15) is 0 Å². The van der Waals surface area contributed by atoms with Gasteiger partial charge in [-0.3, -0.25) is 0 Å². The molecule has 0 aromatic carbocycles. The van der Waals surface area contributed by atoms with Crippen LogP contribution >= 0.6 is 0 Å². The molecule has 98 valence electrons. The summed E-state index contributed by atoms with van der Waals surface area (Å²) in [6.45, 7) is 21.1. The van der Waals surface area contributed by atoms with E-state index in [0.717, 1.165) is 5.92 Å². The molecular weight excluding hydrogens is 228 g/mol. The lowest BCUT2D eigenvalue weighted by molar-refractivity contribution is 0.0772. The molecule has 0 aliphatic rings. The van der Waals surface area contributed by atoms with Gasteiger partial charge in [-0.25, -0.2) is 0 Å². The topological polar surface area (TPSA) is 9.23 Å². The first-order chi connectivity index (χ1) is 6.81. The van der Waals surface area contributed by atoms with Gasteiger partial charge in [0, 0.05) is 8.07 Å². The van der Waals surface area contributed by atoms with Crippen LogP contribution in [0.1, 0.15) is 27.2 Å². The van der Waals surface area contributed by atoms with Crippen molar-refractivity contribution >= 4 is 16.4 Å². The van der Waals surface area contributed by atoms with Crippen LogP contribution in [0.15, 0.2) is 0 Å². The van der Waals surface area contributed by atoms with Crippen molar-refractivity contribution < 1.29 is 4.43 Å². The third-order valence-electron chi connectivity index (χ3n) is 2.38. The molecule has 1 nitrogen and oxygen atoms in total. The summed E-state index contributed by atoms with van der Waals surface area (Å²) in [5.74, 6) is 0.790. The van der Waals surface area contributed by atoms with Gasteiger partial charge in [-0.15, -0.1) is 0 Å². The SMILES string of the molecule is CC(CC(C)(C)O[Si](C)(C)C)C[Si](C)(C)C. The predicted octanol–water partition coefficient (Wildman–Crippen LogP) is 4.98. The molecule has 16 heavy (non-hydrogen) atoms. The second kappa shape index (κ2) is 5.36. The molecule has 0 aromatic rings. The van der Waals surface area contributed by atoms with Gasteiger partial charge in [-0.1, -0.05) is 32.6 Å². The van der Waals surface area contributed by atoms with Crippen LogP contribution in [0.4, 0.5) is 0 Å². The van der Waals surface area contributed by atoms with Gasteiger partial charge in [-0.05, 0) is 45.8 Å². The molecule has 0 saturated carbocycles. The number of hydrogen-bond acceptors (Lipinski definition) is 1. The average molecular weight is 261 g/mol. The van der Waals surface area contributed by atoms with Crippen LogP contribution in [-0.4, -0.2) is 22.0 Å². The van der Waals surface area contributed by atoms with Gasteiger partial charge in [-0.2, -0.15) is 0 Å². The van der Waals surface area contributed by atoms with Gasteiger partial charge in [0.25, 0.3) is 0 Å². The summed E-state index contributed by atoms with van der Waals surface area (Å²) >= 11 is 0. The zero-order valence-corrected chi connectivity index (χ0v) is 14.9. The van der Waals surface area contributed by atoms with Crippen molar-refractivity contribution in [1.82, 2.24) is 0 Å². The van der Waals surface area contributed by atoms with Crippen LogP contribution < -0.4 is 0 Å². The molecule has 0 bridgehead atoms. The largest absolute Gasteiger partial charge is 0.413 e. The Hall–Kier alpha value is 0.394. The highest BCUT2D eigenvalue weighted by Gasteiger charge is 2.30. The molecule has 0 radical (unpaired) electrons. The van der Waals surface area contributed by atoms with E-state index in [1.807, 2.05) is 0 Å². The molecule has 3 heteroatoms. The third-order valence-corrected chi connectivity index (χ3v) is 5.47. The third kappa shape index (κ3) is 9.61. The van der Waals surface area contributed by atoms with E-state index in [-0.39, 0.29) is 5.60 Å². The Bertz CT molecular complexity index is 211. The van der Waals surface area contributed by atoms with Crippen LogP contribution in [0.5, 0.6) is 0 Å². The van der Waals surface area contributed by atoms with Crippen molar-refractivity contribution in [3.05, 3.63) is 0 Å². The summed E-state index contributed by atoms with van der Waals surface area (Å²) in [7, 11) is -2.33. The Morgan fingerprint density at radius 1 is 1.00 bits per heavy atom. The van der Waals surface area contributed by atoms with Crippen molar-refractivity contribution in [2.75, 3.05) is 0 Å². The molecule has 0 saturated heterocycles. The summed E-state index contributed by atoms with van der Waals surface area (Å²) in [5.41, 5.74) is 0.0591. The Kier molecular flexibility index (Phi) is 5.49. The van der Waals surface area contributed by atoms with Crippen LogP contribution in [0.25, 0.3) is 0 Å². The summed E-state index contributed by atoms with van der Waals surface area (Å²) < 4.78 is 6.26. The Morgan fingerprint density at radius 2 is 1.44 bits per heavy atom. The molecule has 0 heterocycles. The van der Waals surface area contributed by atoms with Gasteiger partial charge in [0.05, 0.1) is 5.60 Å². The maximum Gasteiger partial charge on any atom is 0.184 e. The van der Waals surface area contributed by atoms with Crippen molar-refractivity contribution in [1.29, 1.82) is 0 Å². The molecule has 0 rings (SSSR count). The van der Waals surface area contributed by atoms with E-state index in [1.54, 1.807) is 0 Å². The van der Waals surface area contributed by atoms with Gasteiger partial charge >= 0.3 is 0 Å². The Balaban J connectivity index is 4.26. The van der Waals surface area contributed by atoms with E-state index in [2.05, 4.69) is 60.1 Å². The zero-order chi connectivity index (χ0) is 13.2. The molecular formula is C13H32OSi2. The van der Waals surface area contributed by atoms with Crippen molar-refractivity contribution in [3.63, 3.8) is 0 Å². The van der Waals surface area contributed by atoms with E-state index in [0.29, 0.717) is 0 Å². The van der Waals surface area contributed by atoms with Crippen molar-refractivity contribution in [2.24, 2.45) is 5.92 Å². The van der Waals surface area contributed by atoms with Crippen LogP contribution in [-0.2, 0) is 4.43 Å². The van der Waals surface area contributed by atoms with E-state index >= 15 is 0 Å². The fourth-order valence-corrected chi connectivity index (χ4v) is 6.80. The second-order valence-corrected chi connectivity index (χ2v) is 18.0. The molecule has 1 atom stereocenters. The summed E-state index contributed by atoms with van der Waals surface area (Å²) in [6, 6.07) is 1.41. The Morgan fingerprint density at radius 3 is 1.75 bits per heavy atom. The van der Waals surface area contributed by atoms with E-state index in [9.17, 15) is 0 Å². The Labute approximate surface area is 105 Å². The van der Waals surface area contributed by atoms with Crippen LogP contribution in [0, 0.1) is 5.92 Å². The summed E-state index contributed by atoms with van der Waals surface area (Å²) in [6.07, 6.45) is 1.20. The molecule has 0 spiro atoms. The fourth-order valence-electron chi connectivity index (χ4n) is 2.83. The van der Waals surface area contributed by atoms with Crippen molar-refractivity contribution in [3.8, 4) is 0 Å². The first-order valence-electron chi connectivity index (χ1n) is 6.51. The quantitative estimate of drug-likeness (QED) is 0.612. The van der Waals surface area contributed by atoms with Gasteiger partial charge in [0.15, 0.2) is 8.32 Å². The smallest absolute Gasteiger partial charge is 0.184 e. The van der Waals surface area contributed by atoms with E-state index in [1.165, 1.54) is 12.5 Å². The highest BCUT2D eigenvalue weighted by atomic mass is 28.4. The second-order valence-electron chi connectivity index (χ2n) is 8.05. The predicted molar refractivity (Wildman–Crippen MR) is 80.4 cm³/mol. The molecule has 1 unspecified atom stereocenters. The lowest BCUT2D eigenvalue weighted by Gasteiger charge is -2.36. The lowest BCUT2D eigenvalue weighted by Crippen LogP contribution is -2.40. The minimum Gasteiger partial charge on any atom is -0.413 e. The monoisotopic (exact) mass is 260 g/mol. The number of rotatable bonds is 6.